The number of unbranched alkanes of at least 4 members (excludes halogenated alkanes) is 1. The van der Waals surface area contributed by atoms with E-state index in [4.69, 9.17) is 28.4 Å². The van der Waals surface area contributed by atoms with Crippen molar-refractivity contribution in [3.8, 4) is 0 Å². The van der Waals surface area contributed by atoms with Gasteiger partial charge in [-0.2, -0.15) is 0 Å². The van der Waals surface area contributed by atoms with Gasteiger partial charge in [0.1, 0.15) is 12.2 Å². The molecule has 4 unspecified atom stereocenters. The van der Waals surface area contributed by atoms with Crippen molar-refractivity contribution in [1.29, 1.82) is 0 Å². The van der Waals surface area contributed by atoms with Crippen LogP contribution in [0.1, 0.15) is 167 Å². The van der Waals surface area contributed by atoms with Crippen molar-refractivity contribution in [2.45, 2.75) is 203 Å². The van der Waals surface area contributed by atoms with Crippen LogP contribution in [0.4, 0.5) is 0 Å². The van der Waals surface area contributed by atoms with Crippen LogP contribution in [0.3, 0.4) is 0 Å². The van der Waals surface area contributed by atoms with E-state index in [0.717, 1.165) is 45.1 Å². The third kappa shape index (κ3) is 9.28. The standard InChI is InChI=1S/C48H81NO10/c1-14-35-41(56-32(6)51)30(4)42(57-33(7)52)43(58-35)59-48(13,22-16-17-26-49-27-21-39(53)54-15-2)34-19-24-47(12)40(34)36(55-31(5)50)28-38-45(10)23-18-29(3)44(8,9)37(45)20-25-46(38,47)11/h29-30,34-38,40-43,49H,14-28H2,1-13H3/t29-,30-,34?,35+,36?,37?,38?,40-,41-,42+,43+,45-,46+,47+,48-/m0/s1. The van der Waals surface area contributed by atoms with Gasteiger partial charge in [-0.3, -0.25) is 19.2 Å². The van der Waals surface area contributed by atoms with Crippen LogP contribution in [0.25, 0.3) is 0 Å². The van der Waals surface area contributed by atoms with Crippen molar-refractivity contribution in [2.24, 2.45) is 57.2 Å². The molecule has 1 heterocycles. The van der Waals surface area contributed by atoms with E-state index >= 15 is 0 Å². The fourth-order valence-electron chi connectivity index (χ4n) is 14.0. The Bertz CT molecular complexity index is 1500. The molecule has 1 aliphatic heterocycles. The van der Waals surface area contributed by atoms with Crippen molar-refractivity contribution in [3.63, 3.8) is 0 Å². The van der Waals surface area contributed by atoms with Crippen LogP contribution in [-0.4, -0.2) is 79.9 Å². The zero-order chi connectivity index (χ0) is 43.7. The Morgan fingerprint density at radius 2 is 1.42 bits per heavy atom. The van der Waals surface area contributed by atoms with Gasteiger partial charge in [0.15, 0.2) is 12.4 Å². The highest BCUT2D eigenvalue weighted by molar-refractivity contribution is 5.69. The van der Waals surface area contributed by atoms with Gasteiger partial charge >= 0.3 is 23.9 Å². The first-order valence-electron chi connectivity index (χ1n) is 23.3. The monoisotopic (exact) mass is 832 g/mol. The van der Waals surface area contributed by atoms with E-state index in [2.05, 4.69) is 53.8 Å². The summed E-state index contributed by atoms with van der Waals surface area (Å²) >= 11 is 0. The Morgan fingerprint density at radius 1 is 0.780 bits per heavy atom. The molecule has 0 aromatic heterocycles. The molecule has 1 N–H and O–H groups in total. The van der Waals surface area contributed by atoms with Crippen molar-refractivity contribution < 1.29 is 47.6 Å². The van der Waals surface area contributed by atoms with E-state index in [0.29, 0.717) is 50.2 Å². The van der Waals surface area contributed by atoms with Crippen LogP contribution in [0.5, 0.6) is 0 Å². The number of hydrogen-bond donors (Lipinski definition) is 1. The Kier molecular flexibility index (Phi) is 15.1. The topological polar surface area (TPSA) is 136 Å². The van der Waals surface area contributed by atoms with Crippen LogP contribution in [0, 0.1) is 57.2 Å². The van der Waals surface area contributed by atoms with Gasteiger partial charge in [0, 0.05) is 39.2 Å². The van der Waals surface area contributed by atoms with Gasteiger partial charge < -0.3 is 33.7 Å². The largest absolute Gasteiger partial charge is 0.466 e. The Balaban J connectivity index is 1.51. The minimum absolute atomic E-state index is 0.0166. The molecule has 1 saturated heterocycles. The van der Waals surface area contributed by atoms with Gasteiger partial charge in [-0.1, -0.05) is 55.4 Å². The molecule has 0 spiro atoms. The first kappa shape index (κ1) is 47.8. The predicted molar refractivity (Wildman–Crippen MR) is 226 cm³/mol. The second-order valence-corrected chi connectivity index (χ2v) is 21.0. The van der Waals surface area contributed by atoms with Crippen molar-refractivity contribution in [3.05, 3.63) is 0 Å². The lowest BCUT2D eigenvalue weighted by atomic mass is 9.34. The van der Waals surface area contributed by atoms with Crippen molar-refractivity contribution in [2.75, 3.05) is 19.7 Å². The molecule has 11 nitrogen and oxygen atoms in total. The van der Waals surface area contributed by atoms with E-state index in [-0.39, 0.29) is 57.5 Å². The van der Waals surface area contributed by atoms with E-state index in [9.17, 15) is 19.2 Å². The fourth-order valence-corrected chi connectivity index (χ4v) is 14.0. The van der Waals surface area contributed by atoms with Gasteiger partial charge in [0.2, 0.25) is 0 Å². The number of carbonyl (C=O) groups is 4. The van der Waals surface area contributed by atoms with E-state index < -0.39 is 42.1 Å². The molecule has 0 amide bonds. The second kappa shape index (κ2) is 18.6. The lowest BCUT2D eigenvalue weighted by molar-refractivity contribution is -0.327. The molecule has 4 saturated carbocycles. The van der Waals surface area contributed by atoms with Crippen LogP contribution in [-0.2, 0) is 47.6 Å². The van der Waals surface area contributed by atoms with Crippen molar-refractivity contribution >= 4 is 23.9 Å². The zero-order valence-corrected chi connectivity index (χ0v) is 39.0. The summed E-state index contributed by atoms with van der Waals surface area (Å²) in [6.45, 7) is 29.1. The molecule has 5 aliphatic rings. The first-order valence-corrected chi connectivity index (χ1v) is 23.3. The molecule has 0 bridgehead atoms. The number of carbonyl (C=O) groups excluding carboxylic acids is 4. The average Bonchev–Trinajstić information content (AvgIpc) is 3.53. The maximum Gasteiger partial charge on any atom is 0.307 e. The average molecular weight is 832 g/mol. The minimum Gasteiger partial charge on any atom is -0.466 e. The Hall–Kier alpha value is -2.24. The van der Waals surface area contributed by atoms with Gasteiger partial charge in [0.25, 0.3) is 0 Å². The van der Waals surface area contributed by atoms with Crippen LogP contribution in [0.2, 0.25) is 0 Å². The number of fused-ring (bicyclic) bond motifs is 5. The molecule has 0 radical (unpaired) electrons. The summed E-state index contributed by atoms with van der Waals surface area (Å²) in [6.07, 6.45) is 7.84. The summed E-state index contributed by atoms with van der Waals surface area (Å²) in [6, 6.07) is 0. The number of esters is 4. The predicted octanol–water partition coefficient (Wildman–Crippen LogP) is 8.97. The zero-order valence-electron chi connectivity index (χ0n) is 39.0. The molecule has 11 heteroatoms. The maximum absolute atomic E-state index is 13.2. The lowest BCUT2D eigenvalue weighted by Crippen LogP contribution is -2.66. The Morgan fingerprint density at radius 3 is 2.05 bits per heavy atom. The summed E-state index contributed by atoms with van der Waals surface area (Å²) in [4.78, 5) is 50.0. The summed E-state index contributed by atoms with van der Waals surface area (Å²) in [5.74, 6) is 0.0633. The third-order valence-electron chi connectivity index (χ3n) is 17.5. The summed E-state index contributed by atoms with van der Waals surface area (Å²) in [5.41, 5.74) is -0.459. The smallest absolute Gasteiger partial charge is 0.307 e. The summed E-state index contributed by atoms with van der Waals surface area (Å²) in [7, 11) is 0. The van der Waals surface area contributed by atoms with Crippen LogP contribution >= 0.6 is 0 Å². The molecule has 338 valence electrons. The molecular weight excluding hydrogens is 751 g/mol. The number of ether oxygens (including phenoxy) is 6. The van der Waals surface area contributed by atoms with Gasteiger partial charge in [-0.25, -0.2) is 0 Å². The normalized spacial score (nSPS) is 41.0. The highest BCUT2D eigenvalue weighted by atomic mass is 16.7. The molecule has 0 aromatic carbocycles. The number of hydrogen-bond acceptors (Lipinski definition) is 11. The van der Waals surface area contributed by atoms with Gasteiger partial charge in [0.05, 0.1) is 24.7 Å². The van der Waals surface area contributed by atoms with Gasteiger partial charge in [-0.15, -0.1) is 0 Å². The Labute approximate surface area is 356 Å². The molecule has 0 aromatic rings. The third-order valence-corrected chi connectivity index (χ3v) is 17.5. The lowest BCUT2D eigenvalue weighted by Gasteiger charge is -2.71. The molecule has 4 aliphatic carbocycles. The summed E-state index contributed by atoms with van der Waals surface area (Å²) < 4.78 is 37.6. The first-order chi connectivity index (χ1) is 27.6. The minimum atomic E-state index is -0.898. The number of rotatable bonds is 16. The molecule has 15 atom stereocenters. The van der Waals surface area contributed by atoms with Crippen molar-refractivity contribution in [1.82, 2.24) is 5.32 Å². The van der Waals surface area contributed by atoms with Gasteiger partial charge in [-0.05, 0) is 136 Å². The fraction of sp³-hybridized carbons (Fsp3) is 0.917. The van der Waals surface area contributed by atoms with Crippen LogP contribution in [0.15, 0.2) is 0 Å². The molecular formula is C48H81NO10. The maximum atomic E-state index is 13.2. The quantitative estimate of drug-likeness (QED) is 0.0907. The molecule has 5 fully saturated rings. The van der Waals surface area contributed by atoms with E-state index in [1.807, 2.05) is 20.8 Å². The van der Waals surface area contributed by atoms with E-state index in [1.54, 1.807) is 6.92 Å². The second-order valence-electron chi connectivity index (χ2n) is 21.0. The van der Waals surface area contributed by atoms with Crippen LogP contribution < -0.4 is 5.32 Å². The molecule has 59 heavy (non-hydrogen) atoms. The summed E-state index contributed by atoms with van der Waals surface area (Å²) in [5, 5.41) is 3.41. The highest BCUT2D eigenvalue weighted by Crippen LogP contribution is 2.76. The molecule has 5 rings (SSSR count). The SMILES string of the molecule is CCOC(=O)CCNCCCC[C@](C)(O[C@H]1O[C@H](CC)[C@@H](OC(C)=O)[C@H](C)[C@H]1OC(C)=O)C1CC[C@]2(C)[C@@H]1C(OC(C)=O)CC1[C@@]3(C)CC[C@H](C)C(C)(C)C3CC[C@]12C. The van der Waals surface area contributed by atoms with E-state index in [1.165, 1.54) is 33.1 Å². The number of nitrogens with one attached hydrogen (secondary N) is 1. The highest BCUT2D eigenvalue weighted by Gasteiger charge is 2.72.